The first-order valence-electron chi connectivity index (χ1n) is 5.77. The first-order valence-corrected chi connectivity index (χ1v) is 5.77. The topological polar surface area (TPSA) is 47.1 Å². The van der Waals surface area contributed by atoms with Gasteiger partial charge in [0.1, 0.15) is 5.82 Å². The maximum absolute atomic E-state index is 5.81. The zero-order chi connectivity index (χ0) is 12.8. The fraction of sp³-hybridized carbons (Fsp3) is 0.462. The Bertz CT molecular complexity index is 546. The highest BCUT2D eigenvalue weighted by Crippen LogP contribution is 2.27. The van der Waals surface area contributed by atoms with Crippen LogP contribution in [-0.2, 0) is 5.41 Å². The molecule has 0 fully saturated rings. The van der Waals surface area contributed by atoms with Gasteiger partial charge in [0.15, 0.2) is 0 Å². The standard InChI is InChI=1S/C13H20N4/c1-13(2,3)12-15-10-8-9(14)6-7-11(10)17(12)16(4)5/h6-8H,14H2,1-5H3. The third-order valence-corrected chi connectivity index (χ3v) is 2.73. The van der Waals surface area contributed by atoms with Crippen LogP contribution in [0.15, 0.2) is 18.2 Å². The van der Waals surface area contributed by atoms with Crippen LogP contribution in [-0.4, -0.2) is 23.8 Å². The van der Waals surface area contributed by atoms with Crippen molar-refractivity contribution in [1.29, 1.82) is 0 Å². The minimum atomic E-state index is -0.00193. The third-order valence-electron chi connectivity index (χ3n) is 2.73. The van der Waals surface area contributed by atoms with Crippen LogP contribution >= 0.6 is 0 Å². The normalized spacial score (nSPS) is 12.1. The van der Waals surface area contributed by atoms with E-state index in [9.17, 15) is 0 Å². The average molecular weight is 232 g/mol. The van der Waals surface area contributed by atoms with Crippen molar-refractivity contribution in [2.75, 3.05) is 24.8 Å². The second-order valence-electron chi connectivity index (χ2n) is 5.59. The molecule has 0 radical (unpaired) electrons. The quantitative estimate of drug-likeness (QED) is 0.766. The van der Waals surface area contributed by atoms with Crippen molar-refractivity contribution >= 4 is 16.7 Å². The molecule has 1 aromatic heterocycles. The molecule has 1 aromatic carbocycles. The van der Waals surface area contributed by atoms with Gasteiger partial charge in [-0.05, 0) is 18.2 Å². The van der Waals surface area contributed by atoms with Crippen LogP contribution in [0.3, 0.4) is 0 Å². The molecule has 0 bridgehead atoms. The molecule has 0 saturated heterocycles. The van der Waals surface area contributed by atoms with Gasteiger partial charge < -0.3 is 10.7 Å². The zero-order valence-corrected chi connectivity index (χ0v) is 11.2. The zero-order valence-electron chi connectivity index (χ0n) is 11.2. The number of nitrogens with two attached hydrogens (primary N) is 1. The molecule has 2 aromatic rings. The molecule has 4 heteroatoms. The number of imidazole rings is 1. The summed E-state index contributed by atoms with van der Waals surface area (Å²) < 4.78 is 2.13. The summed E-state index contributed by atoms with van der Waals surface area (Å²) in [6.07, 6.45) is 0. The van der Waals surface area contributed by atoms with Gasteiger partial charge in [0.05, 0.1) is 11.0 Å². The summed E-state index contributed by atoms with van der Waals surface area (Å²) in [6.45, 7) is 6.49. The van der Waals surface area contributed by atoms with Gasteiger partial charge in [0.25, 0.3) is 0 Å². The Balaban J connectivity index is 2.80. The number of rotatable bonds is 1. The number of aromatic nitrogens is 2. The number of nitrogens with zero attached hydrogens (tertiary/aromatic N) is 3. The van der Waals surface area contributed by atoms with Crippen LogP contribution in [0.4, 0.5) is 5.69 Å². The Morgan fingerprint density at radius 3 is 2.41 bits per heavy atom. The Hall–Kier alpha value is -1.71. The van der Waals surface area contributed by atoms with Gasteiger partial charge >= 0.3 is 0 Å². The molecule has 92 valence electrons. The molecule has 17 heavy (non-hydrogen) atoms. The van der Waals surface area contributed by atoms with Gasteiger partial charge in [-0.2, -0.15) is 0 Å². The van der Waals surface area contributed by atoms with E-state index in [4.69, 9.17) is 10.7 Å². The fourth-order valence-electron chi connectivity index (χ4n) is 1.97. The average Bonchev–Trinajstić information content (AvgIpc) is 2.55. The van der Waals surface area contributed by atoms with Gasteiger partial charge in [-0.3, -0.25) is 0 Å². The molecule has 0 aliphatic heterocycles. The number of nitrogen functional groups attached to an aromatic ring is 1. The second-order valence-corrected chi connectivity index (χ2v) is 5.59. The number of anilines is 1. The third kappa shape index (κ3) is 1.95. The van der Waals surface area contributed by atoms with E-state index < -0.39 is 0 Å². The maximum Gasteiger partial charge on any atom is 0.134 e. The van der Waals surface area contributed by atoms with Gasteiger partial charge in [-0.15, -0.1) is 0 Å². The number of hydrogen-bond acceptors (Lipinski definition) is 3. The summed E-state index contributed by atoms with van der Waals surface area (Å²) in [7, 11) is 4.04. The number of fused-ring (bicyclic) bond motifs is 1. The summed E-state index contributed by atoms with van der Waals surface area (Å²) in [5.41, 5.74) is 8.59. The first kappa shape index (κ1) is 11.8. The molecule has 0 saturated carbocycles. The molecule has 0 aliphatic rings. The minimum absolute atomic E-state index is 0.00193. The number of benzene rings is 1. The van der Waals surface area contributed by atoms with Gasteiger partial charge in [-0.1, -0.05) is 20.8 Å². The van der Waals surface area contributed by atoms with E-state index in [1.54, 1.807) is 0 Å². The Morgan fingerprint density at radius 1 is 1.24 bits per heavy atom. The van der Waals surface area contributed by atoms with E-state index in [2.05, 4.69) is 25.4 Å². The monoisotopic (exact) mass is 232 g/mol. The molecule has 0 atom stereocenters. The first-order chi connectivity index (χ1) is 7.80. The second kappa shape index (κ2) is 3.65. The van der Waals surface area contributed by atoms with Crippen LogP contribution in [0.5, 0.6) is 0 Å². The van der Waals surface area contributed by atoms with Crippen molar-refractivity contribution in [3.05, 3.63) is 24.0 Å². The molecule has 2 rings (SSSR count). The van der Waals surface area contributed by atoms with E-state index >= 15 is 0 Å². The van der Waals surface area contributed by atoms with Crippen LogP contribution in [0.2, 0.25) is 0 Å². The van der Waals surface area contributed by atoms with Crippen molar-refractivity contribution < 1.29 is 0 Å². The van der Waals surface area contributed by atoms with Crippen LogP contribution in [0.25, 0.3) is 11.0 Å². The lowest BCUT2D eigenvalue weighted by Crippen LogP contribution is -2.31. The van der Waals surface area contributed by atoms with Gasteiger partial charge in [0.2, 0.25) is 0 Å². The Morgan fingerprint density at radius 2 is 1.88 bits per heavy atom. The lowest BCUT2D eigenvalue weighted by molar-refractivity contribution is 0.508. The SMILES string of the molecule is CN(C)n1c(C(C)(C)C)nc2cc(N)ccc21. The summed E-state index contributed by atoms with van der Waals surface area (Å²) in [5.74, 6) is 1.04. The van der Waals surface area contributed by atoms with Crippen molar-refractivity contribution in [3.63, 3.8) is 0 Å². The lowest BCUT2D eigenvalue weighted by Gasteiger charge is -2.25. The largest absolute Gasteiger partial charge is 0.399 e. The Kier molecular flexibility index (Phi) is 2.53. The summed E-state index contributed by atoms with van der Waals surface area (Å²) in [6, 6.07) is 5.86. The van der Waals surface area contributed by atoms with E-state index in [0.717, 1.165) is 22.5 Å². The van der Waals surface area contributed by atoms with Crippen molar-refractivity contribution in [2.45, 2.75) is 26.2 Å². The van der Waals surface area contributed by atoms with Crippen LogP contribution in [0.1, 0.15) is 26.6 Å². The molecule has 0 amide bonds. The molecule has 2 N–H and O–H groups in total. The molecule has 1 heterocycles. The molecule has 4 nitrogen and oxygen atoms in total. The van der Waals surface area contributed by atoms with E-state index in [1.807, 2.05) is 37.3 Å². The highest BCUT2D eigenvalue weighted by molar-refractivity contribution is 5.80. The van der Waals surface area contributed by atoms with Crippen LogP contribution in [0, 0.1) is 0 Å². The summed E-state index contributed by atoms with van der Waals surface area (Å²) in [4.78, 5) is 4.71. The predicted molar refractivity (Wildman–Crippen MR) is 72.9 cm³/mol. The molecule has 0 aliphatic carbocycles. The molecule has 0 unspecified atom stereocenters. The molecular weight excluding hydrogens is 212 g/mol. The fourth-order valence-corrected chi connectivity index (χ4v) is 1.97. The van der Waals surface area contributed by atoms with Crippen molar-refractivity contribution in [1.82, 2.24) is 9.66 Å². The summed E-state index contributed by atoms with van der Waals surface area (Å²) in [5, 5.41) is 2.05. The maximum atomic E-state index is 5.81. The number of hydrogen-bond donors (Lipinski definition) is 1. The van der Waals surface area contributed by atoms with E-state index in [1.165, 1.54) is 0 Å². The smallest absolute Gasteiger partial charge is 0.134 e. The van der Waals surface area contributed by atoms with Gasteiger partial charge in [0, 0.05) is 25.2 Å². The lowest BCUT2D eigenvalue weighted by atomic mass is 9.96. The molecular formula is C13H20N4. The minimum Gasteiger partial charge on any atom is -0.399 e. The van der Waals surface area contributed by atoms with Gasteiger partial charge in [-0.25, -0.2) is 9.66 Å². The van der Waals surface area contributed by atoms with Crippen molar-refractivity contribution in [3.8, 4) is 0 Å². The van der Waals surface area contributed by atoms with Crippen LogP contribution < -0.4 is 10.7 Å². The van der Waals surface area contributed by atoms with Crippen molar-refractivity contribution in [2.24, 2.45) is 0 Å². The summed E-state index contributed by atoms with van der Waals surface area (Å²) >= 11 is 0. The highest BCUT2D eigenvalue weighted by atomic mass is 15.5. The predicted octanol–water partition coefficient (Wildman–Crippen LogP) is 2.11. The van der Waals surface area contributed by atoms with E-state index in [-0.39, 0.29) is 5.41 Å². The van der Waals surface area contributed by atoms with E-state index in [0.29, 0.717) is 0 Å². The Labute approximate surface area is 102 Å². The molecule has 0 spiro atoms. The highest BCUT2D eigenvalue weighted by Gasteiger charge is 2.23.